The molecule has 20 heavy (non-hydrogen) atoms. The lowest BCUT2D eigenvalue weighted by molar-refractivity contribution is 0.0590. The molecule has 0 aliphatic heterocycles. The fraction of sp³-hybridized carbons (Fsp3) is 0.462. The molecule has 1 rings (SSSR count). The van der Waals surface area contributed by atoms with Gasteiger partial charge >= 0.3 is 0 Å². The number of nitrogens with one attached hydrogen (secondary N) is 1. The third-order valence-corrected chi connectivity index (χ3v) is 4.25. The van der Waals surface area contributed by atoms with Crippen molar-refractivity contribution in [3.63, 3.8) is 0 Å². The molecule has 112 valence electrons. The van der Waals surface area contributed by atoms with Gasteiger partial charge in [-0.25, -0.2) is 8.42 Å². The number of nitrogens with two attached hydrogens (primary N) is 1. The van der Waals surface area contributed by atoms with Gasteiger partial charge in [-0.2, -0.15) is 0 Å². The first-order valence-corrected chi connectivity index (χ1v) is 7.95. The van der Waals surface area contributed by atoms with Gasteiger partial charge in [0.05, 0.1) is 30.5 Å². The van der Waals surface area contributed by atoms with E-state index in [0.717, 1.165) is 0 Å². The highest BCUT2D eigenvalue weighted by Crippen LogP contribution is 2.13. The lowest BCUT2D eigenvalue weighted by Gasteiger charge is -2.07. The molecule has 0 unspecified atom stereocenters. The molecule has 0 radical (unpaired) electrons. The van der Waals surface area contributed by atoms with Crippen molar-refractivity contribution in [1.29, 1.82) is 5.41 Å². The van der Waals surface area contributed by atoms with E-state index >= 15 is 0 Å². The van der Waals surface area contributed by atoms with Crippen LogP contribution >= 0.6 is 0 Å². The van der Waals surface area contributed by atoms with Crippen LogP contribution in [-0.2, 0) is 19.3 Å². The highest BCUT2D eigenvalue weighted by Gasteiger charge is 2.15. The minimum Gasteiger partial charge on any atom is -0.384 e. The van der Waals surface area contributed by atoms with Crippen molar-refractivity contribution >= 4 is 15.7 Å². The van der Waals surface area contributed by atoms with Gasteiger partial charge in [0.1, 0.15) is 5.84 Å². The molecule has 0 aliphatic rings. The van der Waals surface area contributed by atoms with Gasteiger partial charge in [0.25, 0.3) is 0 Å². The summed E-state index contributed by atoms with van der Waals surface area (Å²) in [6, 6.07) is 6.05. The summed E-state index contributed by atoms with van der Waals surface area (Å²) >= 11 is 0. The predicted octanol–water partition coefficient (Wildman–Crippen LogP) is 0.797. The summed E-state index contributed by atoms with van der Waals surface area (Å²) in [4.78, 5) is 0.151. The summed E-state index contributed by atoms with van der Waals surface area (Å²) in [6.07, 6.45) is 0. The van der Waals surface area contributed by atoms with Gasteiger partial charge in [-0.3, -0.25) is 5.41 Å². The van der Waals surface area contributed by atoms with Crippen molar-refractivity contribution in [1.82, 2.24) is 0 Å². The smallest absolute Gasteiger partial charge is 0.180 e. The first-order valence-electron chi connectivity index (χ1n) is 6.30. The minimum atomic E-state index is -3.43. The lowest BCUT2D eigenvalue weighted by atomic mass is 10.2. The number of nitrogen functional groups attached to an aromatic ring is 1. The van der Waals surface area contributed by atoms with Gasteiger partial charge in [-0.15, -0.1) is 0 Å². The van der Waals surface area contributed by atoms with Crippen molar-refractivity contribution < 1.29 is 17.9 Å². The Kier molecular flexibility index (Phi) is 6.63. The highest BCUT2D eigenvalue weighted by atomic mass is 32.2. The number of amidine groups is 1. The molecule has 0 saturated heterocycles. The van der Waals surface area contributed by atoms with Gasteiger partial charge in [-0.1, -0.05) is 12.1 Å². The molecule has 3 N–H and O–H groups in total. The maximum Gasteiger partial charge on any atom is 0.180 e. The van der Waals surface area contributed by atoms with Crippen molar-refractivity contribution in [2.75, 3.05) is 32.2 Å². The molecule has 1 aromatic carbocycles. The topological polar surface area (TPSA) is 102 Å². The van der Waals surface area contributed by atoms with Crippen LogP contribution in [-0.4, -0.2) is 46.4 Å². The molecule has 0 spiro atoms. The molecular weight excluding hydrogens is 280 g/mol. The number of sulfone groups is 1. The second-order valence-corrected chi connectivity index (χ2v) is 6.18. The maximum absolute atomic E-state index is 12.1. The lowest BCUT2D eigenvalue weighted by Crippen LogP contribution is -2.16. The molecule has 0 atom stereocenters. The van der Waals surface area contributed by atoms with Crippen LogP contribution < -0.4 is 5.73 Å². The van der Waals surface area contributed by atoms with Crippen LogP contribution in [0.3, 0.4) is 0 Å². The van der Waals surface area contributed by atoms with Crippen LogP contribution in [0.1, 0.15) is 12.5 Å². The minimum absolute atomic E-state index is 0.111. The molecule has 1 aromatic rings. The third-order valence-electron chi connectivity index (χ3n) is 2.58. The summed E-state index contributed by atoms with van der Waals surface area (Å²) in [5, 5.41) is 7.31. The Morgan fingerprint density at radius 3 is 2.60 bits per heavy atom. The molecule has 0 heterocycles. The zero-order valence-electron chi connectivity index (χ0n) is 11.5. The van der Waals surface area contributed by atoms with Crippen molar-refractivity contribution in [2.24, 2.45) is 5.73 Å². The fourth-order valence-corrected chi connectivity index (χ4v) is 2.67. The van der Waals surface area contributed by atoms with E-state index in [2.05, 4.69) is 0 Å². The standard InChI is InChI=1S/C13H20N2O4S/c1-2-18-6-7-19-8-9-20(16,17)12-5-3-4-11(10-12)13(14)15/h3-5,10H,2,6-9H2,1H3,(H3,14,15). The van der Waals surface area contributed by atoms with E-state index in [-0.39, 0.29) is 23.1 Å². The van der Waals surface area contributed by atoms with Gasteiger partial charge in [0.15, 0.2) is 9.84 Å². The van der Waals surface area contributed by atoms with Crippen LogP contribution in [0, 0.1) is 5.41 Å². The number of rotatable bonds is 9. The first-order chi connectivity index (χ1) is 9.47. The Balaban J connectivity index is 2.56. The van der Waals surface area contributed by atoms with Crippen LogP contribution in [0.15, 0.2) is 29.2 Å². The summed E-state index contributed by atoms with van der Waals surface area (Å²) in [5.74, 6) is -0.268. The quantitative estimate of drug-likeness (QED) is 0.399. The Hall–Kier alpha value is -1.44. The Morgan fingerprint density at radius 1 is 1.25 bits per heavy atom. The van der Waals surface area contributed by atoms with E-state index in [1.165, 1.54) is 12.1 Å². The van der Waals surface area contributed by atoms with Crippen LogP contribution in [0.4, 0.5) is 0 Å². The van der Waals surface area contributed by atoms with E-state index in [1.54, 1.807) is 12.1 Å². The van der Waals surface area contributed by atoms with Gasteiger partial charge in [0.2, 0.25) is 0 Å². The van der Waals surface area contributed by atoms with Crippen LogP contribution in [0.2, 0.25) is 0 Å². The van der Waals surface area contributed by atoms with E-state index < -0.39 is 9.84 Å². The fourth-order valence-electron chi connectivity index (χ4n) is 1.51. The van der Waals surface area contributed by atoms with Gasteiger partial charge < -0.3 is 15.2 Å². The molecule has 7 heteroatoms. The average molecular weight is 300 g/mol. The van der Waals surface area contributed by atoms with E-state index in [1.807, 2.05) is 6.92 Å². The summed E-state index contributed by atoms with van der Waals surface area (Å²) in [5.41, 5.74) is 5.74. The van der Waals surface area contributed by atoms with Gasteiger partial charge in [-0.05, 0) is 19.1 Å². The van der Waals surface area contributed by atoms with Crippen molar-refractivity contribution in [3.05, 3.63) is 29.8 Å². The van der Waals surface area contributed by atoms with Crippen LogP contribution in [0.5, 0.6) is 0 Å². The molecule has 0 aromatic heterocycles. The number of hydrogen-bond acceptors (Lipinski definition) is 5. The summed E-state index contributed by atoms with van der Waals surface area (Å²) in [7, 11) is -3.43. The molecule has 6 nitrogen and oxygen atoms in total. The predicted molar refractivity (Wildman–Crippen MR) is 76.8 cm³/mol. The van der Waals surface area contributed by atoms with E-state index in [4.69, 9.17) is 20.6 Å². The molecule has 0 aliphatic carbocycles. The summed E-state index contributed by atoms with van der Waals surface area (Å²) < 4.78 is 34.4. The Morgan fingerprint density at radius 2 is 1.95 bits per heavy atom. The third kappa shape index (κ3) is 5.28. The number of benzene rings is 1. The average Bonchev–Trinajstić information content (AvgIpc) is 2.43. The van der Waals surface area contributed by atoms with Crippen molar-refractivity contribution in [3.8, 4) is 0 Å². The molecular formula is C13H20N2O4S. The largest absolute Gasteiger partial charge is 0.384 e. The maximum atomic E-state index is 12.1. The number of hydrogen-bond donors (Lipinski definition) is 2. The monoisotopic (exact) mass is 300 g/mol. The second kappa shape index (κ2) is 7.98. The van der Waals surface area contributed by atoms with Crippen molar-refractivity contribution in [2.45, 2.75) is 11.8 Å². The molecule has 0 fully saturated rings. The number of ether oxygens (including phenoxy) is 2. The molecule has 0 saturated carbocycles. The Bertz CT molecular complexity index is 543. The van der Waals surface area contributed by atoms with E-state index in [9.17, 15) is 8.42 Å². The highest BCUT2D eigenvalue weighted by molar-refractivity contribution is 7.91. The second-order valence-electron chi connectivity index (χ2n) is 4.07. The summed E-state index contributed by atoms with van der Waals surface area (Å²) in [6.45, 7) is 3.43. The SMILES string of the molecule is CCOCCOCCS(=O)(=O)c1cccc(C(=N)N)c1. The normalized spacial score (nSPS) is 11.4. The molecule has 0 amide bonds. The first kappa shape index (κ1) is 16.6. The Labute approximate surface area is 119 Å². The molecule has 0 bridgehead atoms. The van der Waals surface area contributed by atoms with Crippen LogP contribution in [0.25, 0.3) is 0 Å². The zero-order valence-corrected chi connectivity index (χ0v) is 12.3. The van der Waals surface area contributed by atoms with Gasteiger partial charge in [0, 0.05) is 12.2 Å². The van der Waals surface area contributed by atoms with E-state index in [0.29, 0.717) is 25.4 Å². The zero-order chi connectivity index (χ0) is 15.0.